The lowest BCUT2D eigenvalue weighted by atomic mass is 9.95. The lowest BCUT2D eigenvalue weighted by molar-refractivity contribution is 0.356. The number of rotatable bonds is 5. The Morgan fingerprint density at radius 2 is 2.05 bits per heavy atom. The summed E-state index contributed by atoms with van der Waals surface area (Å²) in [6.45, 7) is 2.90. The first-order valence-corrected chi connectivity index (χ1v) is 8.27. The summed E-state index contributed by atoms with van der Waals surface area (Å²) in [4.78, 5) is 0. The average Bonchev–Trinajstić information content (AvgIpc) is 2.70. The fraction of sp³-hybridized carbons (Fsp3) is 0.786. The smallest absolute Gasteiger partial charge is 0.216 e. The third kappa shape index (κ3) is 3.45. The van der Waals surface area contributed by atoms with Crippen molar-refractivity contribution in [2.45, 2.75) is 50.4 Å². The molecule has 0 atom stereocenters. The van der Waals surface area contributed by atoms with E-state index in [-0.39, 0.29) is 0 Å². The summed E-state index contributed by atoms with van der Waals surface area (Å²) < 4.78 is 7.24. The molecule has 1 aromatic rings. The predicted molar refractivity (Wildman–Crippen MR) is 80.9 cm³/mol. The molecule has 0 aromatic carbocycles. The van der Waals surface area contributed by atoms with Crippen LogP contribution in [-0.4, -0.2) is 34.4 Å². The van der Waals surface area contributed by atoms with Crippen LogP contribution in [0.15, 0.2) is 0 Å². The molecule has 0 aliphatic heterocycles. The summed E-state index contributed by atoms with van der Waals surface area (Å²) in [5.74, 6) is 0.878. The molecular weight excluding hydrogens is 258 g/mol. The topological polar surface area (TPSA) is 39.1 Å². The molecule has 5 heteroatoms. The molecule has 1 aliphatic carbocycles. The van der Waals surface area contributed by atoms with E-state index < -0.39 is 0 Å². The van der Waals surface area contributed by atoms with E-state index in [1.54, 1.807) is 7.11 Å². The normalized spacial score (nSPS) is 23.6. The van der Waals surface area contributed by atoms with Crippen LogP contribution in [0.1, 0.15) is 36.9 Å². The number of aromatic nitrogens is 2. The second kappa shape index (κ2) is 6.66. The van der Waals surface area contributed by atoms with Crippen molar-refractivity contribution in [2.75, 3.05) is 13.4 Å². The summed E-state index contributed by atoms with van der Waals surface area (Å²) in [5.41, 5.74) is 2.25. The summed E-state index contributed by atoms with van der Waals surface area (Å²) >= 11 is 2.01. The molecule has 19 heavy (non-hydrogen) atoms. The monoisotopic (exact) mass is 283 g/mol. The molecular formula is C14H25N3OS. The van der Waals surface area contributed by atoms with Crippen molar-refractivity contribution >= 4 is 11.8 Å². The van der Waals surface area contributed by atoms with Crippen LogP contribution in [0.4, 0.5) is 0 Å². The van der Waals surface area contributed by atoms with Crippen LogP contribution in [0.2, 0.25) is 0 Å². The number of nitrogens with one attached hydrogen (secondary N) is 1. The number of nitrogens with zero attached hydrogens (tertiary/aromatic N) is 2. The molecule has 0 saturated heterocycles. The lowest BCUT2D eigenvalue weighted by Gasteiger charge is -2.28. The highest BCUT2D eigenvalue weighted by Gasteiger charge is 2.21. The van der Waals surface area contributed by atoms with Gasteiger partial charge >= 0.3 is 0 Å². The number of hydrogen-bond donors (Lipinski definition) is 1. The molecule has 1 N–H and O–H groups in total. The van der Waals surface area contributed by atoms with Gasteiger partial charge in [0.25, 0.3) is 0 Å². The van der Waals surface area contributed by atoms with Crippen molar-refractivity contribution in [1.82, 2.24) is 15.1 Å². The van der Waals surface area contributed by atoms with E-state index >= 15 is 0 Å². The van der Waals surface area contributed by atoms with E-state index in [9.17, 15) is 0 Å². The highest BCUT2D eigenvalue weighted by Crippen LogP contribution is 2.27. The lowest BCUT2D eigenvalue weighted by Crippen LogP contribution is -2.33. The first-order valence-electron chi connectivity index (χ1n) is 6.98. The Bertz CT molecular complexity index is 411. The SMILES string of the molecule is COc1c(CNC2CCC(SC)CC2)c(C)nn1C. The Morgan fingerprint density at radius 3 is 2.63 bits per heavy atom. The third-order valence-electron chi connectivity index (χ3n) is 4.06. The first-order chi connectivity index (χ1) is 9.15. The van der Waals surface area contributed by atoms with Crippen molar-refractivity contribution in [3.63, 3.8) is 0 Å². The Labute approximate surface area is 120 Å². The Kier molecular flexibility index (Phi) is 5.16. The van der Waals surface area contributed by atoms with Gasteiger partial charge in [0, 0.05) is 24.9 Å². The fourth-order valence-corrected chi connectivity index (χ4v) is 3.63. The molecule has 1 heterocycles. The van der Waals surface area contributed by atoms with Crippen LogP contribution >= 0.6 is 11.8 Å². The number of aryl methyl sites for hydroxylation is 2. The van der Waals surface area contributed by atoms with Crippen molar-refractivity contribution < 1.29 is 4.74 Å². The Balaban J connectivity index is 1.89. The van der Waals surface area contributed by atoms with Gasteiger partial charge in [-0.3, -0.25) is 0 Å². The van der Waals surface area contributed by atoms with Gasteiger partial charge in [-0.25, -0.2) is 4.68 Å². The molecule has 0 amide bonds. The van der Waals surface area contributed by atoms with E-state index in [1.807, 2.05) is 30.4 Å². The standard InChI is InChI=1S/C14H25N3OS/c1-10-13(14(18-3)17(2)16-10)9-15-11-5-7-12(19-4)8-6-11/h11-12,15H,5-9H2,1-4H3. The summed E-state index contributed by atoms with van der Waals surface area (Å²) in [5, 5.41) is 8.96. The van der Waals surface area contributed by atoms with Gasteiger partial charge in [-0.1, -0.05) is 0 Å². The van der Waals surface area contributed by atoms with Crippen LogP contribution in [0.25, 0.3) is 0 Å². The van der Waals surface area contributed by atoms with Crippen LogP contribution in [0.3, 0.4) is 0 Å². The maximum absolute atomic E-state index is 5.43. The molecule has 4 nitrogen and oxygen atoms in total. The molecule has 0 unspecified atom stereocenters. The molecule has 1 saturated carbocycles. The van der Waals surface area contributed by atoms with E-state index in [0.29, 0.717) is 6.04 Å². The first kappa shape index (κ1) is 14.7. The molecule has 0 bridgehead atoms. The van der Waals surface area contributed by atoms with Gasteiger partial charge in [0.1, 0.15) is 0 Å². The maximum atomic E-state index is 5.43. The summed E-state index contributed by atoms with van der Waals surface area (Å²) in [7, 11) is 3.64. The number of ether oxygens (including phenoxy) is 1. The molecule has 2 rings (SSSR count). The molecule has 0 spiro atoms. The van der Waals surface area contributed by atoms with Gasteiger partial charge in [0.2, 0.25) is 5.88 Å². The summed E-state index contributed by atoms with van der Waals surface area (Å²) in [6.07, 6.45) is 7.46. The van der Waals surface area contributed by atoms with Crippen LogP contribution in [-0.2, 0) is 13.6 Å². The second-order valence-electron chi connectivity index (χ2n) is 5.29. The largest absolute Gasteiger partial charge is 0.481 e. The van der Waals surface area contributed by atoms with Crippen molar-refractivity contribution in [2.24, 2.45) is 7.05 Å². The number of methoxy groups -OCH3 is 1. The molecule has 0 radical (unpaired) electrons. The van der Waals surface area contributed by atoms with Crippen molar-refractivity contribution in [3.8, 4) is 5.88 Å². The van der Waals surface area contributed by atoms with Crippen LogP contribution in [0.5, 0.6) is 5.88 Å². The fourth-order valence-electron chi connectivity index (χ4n) is 2.89. The van der Waals surface area contributed by atoms with Gasteiger partial charge in [-0.15, -0.1) is 0 Å². The highest BCUT2D eigenvalue weighted by molar-refractivity contribution is 7.99. The minimum Gasteiger partial charge on any atom is -0.481 e. The second-order valence-corrected chi connectivity index (χ2v) is 6.43. The Hall–Kier alpha value is -0.680. The van der Waals surface area contributed by atoms with Gasteiger partial charge in [-0.2, -0.15) is 16.9 Å². The van der Waals surface area contributed by atoms with Gasteiger partial charge < -0.3 is 10.1 Å². The zero-order valence-corrected chi connectivity index (χ0v) is 13.2. The van der Waals surface area contributed by atoms with E-state index in [1.165, 1.54) is 31.2 Å². The minimum absolute atomic E-state index is 0.646. The highest BCUT2D eigenvalue weighted by atomic mass is 32.2. The molecule has 1 aliphatic rings. The number of hydrogen-bond acceptors (Lipinski definition) is 4. The minimum atomic E-state index is 0.646. The quantitative estimate of drug-likeness (QED) is 0.901. The van der Waals surface area contributed by atoms with Crippen LogP contribution in [0, 0.1) is 6.92 Å². The van der Waals surface area contributed by atoms with E-state index in [4.69, 9.17) is 4.74 Å². The van der Waals surface area contributed by atoms with Crippen molar-refractivity contribution in [1.29, 1.82) is 0 Å². The maximum Gasteiger partial charge on any atom is 0.216 e. The van der Waals surface area contributed by atoms with Gasteiger partial charge in [0.05, 0.1) is 18.4 Å². The predicted octanol–water partition coefficient (Wildman–Crippen LogP) is 2.50. The molecule has 1 fully saturated rings. The third-order valence-corrected chi connectivity index (χ3v) is 5.20. The van der Waals surface area contributed by atoms with E-state index in [0.717, 1.165) is 23.4 Å². The molecule has 108 valence electrons. The van der Waals surface area contributed by atoms with Gasteiger partial charge in [0.15, 0.2) is 0 Å². The van der Waals surface area contributed by atoms with Crippen LogP contribution < -0.4 is 10.1 Å². The zero-order chi connectivity index (χ0) is 13.8. The zero-order valence-electron chi connectivity index (χ0n) is 12.4. The van der Waals surface area contributed by atoms with E-state index in [2.05, 4.69) is 16.7 Å². The Morgan fingerprint density at radius 1 is 1.37 bits per heavy atom. The average molecular weight is 283 g/mol. The van der Waals surface area contributed by atoms with Gasteiger partial charge in [-0.05, 0) is 38.9 Å². The molecule has 1 aromatic heterocycles. The van der Waals surface area contributed by atoms with Crippen molar-refractivity contribution in [3.05, 3.63) is 11.3 Å². The summed E-state index contributed by atoms with van der Waals surface area (Å²) in [6, 6.07) is 0.646. The number of thioether (sulfide) groups is 1.